The molecule has 1 aliphatic rings. The van der Waals surface area contributed by atoms with E-state index in [0.29, 0.717) is 16.8 Å². The Hall–Kier alpha value is -3.15. The van der Waals surface area contributed by atoms with E-state index in [1.807, 2.05) is 18.2 Å². The molecule has 3 N–H and O–H groups in total. The molecule has 2 aromatic carbocycles. The summed E-state index contributed by atoms with van der Waals surface area (Å²) in [5.74, 6) is -1.77. The van der Waals surface area contributed by atoms with E-state index in [4.69, 9.17) is 5.11 Å². The van der Waals surface area contributed by atoms with Gasteiger partial charge in [-0.25, -0.2) is 0 Å². The average molecular weight is 352 g/mol. The van der Waals surface area contributed by atoms with Crippen molar-refractivity contribution in [2.24, 2.45) is 0 Å². The van der Waals surface area contributed by atoms with Crippen LogP contribution in [0, 0.1) is 0 Å². The molecule has 1 aliphatic carbocycles. The third-order valence-electron chi connectivity index (χ3n) is 4.42. The summed E-state index contributed by atoms with van der Waals surface area (Å²) >= 11 is 0. The predicted octanol–water partition coefficient (Wildman–Crippen LogP) is 2.63. The summed E-state index contributed by atoms with van der Waals surface area (Å²) in [6, 6.07) is 12.1. The van der Waals surface area contributed by atoms with Crippen LogP contribution in [0.25, 0.3) is 0 Å². The van der Waals surface area contributed by atoms with Gasteiger partial charge >= 0.3 is 5.97 Å². The summed E-state index contributed by atoms with van der Waals surface area (Å²) in [5.41, 5.74) is 4.09. The topological polar surface area (TPSA) is 95.5 Å². The molecule has 0 fully saturated rings. The van der Waals surface area contributed by atoms with Crippen LogP contribution in [0.2, 0.25) is 0 Å². The molecule has 0 atom stereocenters. The van der Waals surface area contributed by atoms with E-state index in [9.17, 15) is 14.4 Å². The molecule has 0 unspecified atom stereocenters. The van der Waals surface area contributed by atoms with Crippen LogP contribution < -0.4 is 10.6 Å². The molecule has 0 spiro atoms. The zero-order chi connectivity index (χ0) is 18.5. The van der Waals surface area contributed by atoms with Crippen LogP contribution in [0.5, 0.6) is 0 Å². The Morgan fingerprint density at radius 3 is 2.19 bits per heavy atom. The number of hydrogen-bond donors (Lipinski definition) is 3. The van der Waals surface area contributed by atoms with Crippen molar-refractivity contribution in [3.8, 4) is 0 Å². The van der Waals surface area contributed by atoms with Crippen molar-refractivity contribution >= 4 is 23.5 Å². The van der Waals surface area contributed by atoms with Crippen molar-refractivity contribution in [1.82, 2.24) is 5.32 Å². The van der Waals surface area contributed by atoms with Crippen LogP contribution in [0.1, 0.15) is 44.7 Å². The van der Waals surface area contributed by atoms with Crippen molar-refractivity contribution in [3.63, 3.8) is 0 Å². The van der Waals surface area contributed by atoms with Crippen molar-refractivity contribution < 1.29 is 19.5 Å². The third-order valence-corrected chi connectivity index (χ3v) is 4.42. The van der Waals surface area contributed by atoms with E-state index < -0.39 is 18.4 Å². The van der Waals surface area contributed by atoms with Gasteiger partial charge in [-0.15, -0.1) is 0 Å². The van der Waals surface area contributed by atoms with Crippen LogP contribution in [0.4, 0.5) is 5.69 Å². The number of carbonyl (C=O) groups is 3. The summed E-state index contributed by atoms with van der Waals surface area (Å²) in [6.07, 6.45) is 4.44. The summed E-state index contributed by atoms with van der Waals surface area (Å²) in [4.78, 5) is 34.7. The van der Waals surface area contributed by atoms with E-state index in [1.54, 1.807) is 24.3 Å². The molecule has 134 valence electrons. The first kappa shape index (κ1) is 17.7. The monoisotopic (exact) mass is 352 g/mol. The fraction of sp³-hybridized carbons (Fsp3) is 0.250. The molecule has 0 saturated heterocycles. The summed E-state index contributed by atoms with van der Waals surface area (Å²) in [7, 11) is 0. The number of fused-ring (bicyclic) bond motifs is 1. The summed E-state index contributed by atoms with van der Waals surface area (Å²) in [6.45, 7) is -0.435. The van der Waals surface area contributed by atoms with Crippen LogP contribution in [0.3, 0.4) is 0 Å². The first-order valence-electron chi connectivity index (χ1n) is 8.56. The number of carboxylic acids is 1. The van der Waals surface area contributed by atoms with Crippen molar-refractivity contribution in [2.45, 2.75) is 25.7 Å². The lowest BCUT2D eigenvalue weighted by Gasteiger charge is -2.16. The first-order chi connectivity index (χ1) is 12.5. The first-order valence-corrected chi connectivity index (χ1v) is 8.56. The van der Waals surface area contributed by atoms with Crippen LogP contribution in [-0.4, -0.2) is 29.4 Å². The molecule has 6 heteroatoms. The number of nitrogens with one attached hydrogen (secondary N) is 2. The number of carboxylic acid groups (broad SMARTS) is 1. The molecular weight excluding hydrogens is 332 g/mol. The van der Waals surface area contributed by atoms with Crippen molar-refractivity contribution in [2.75, 3.05) is 11.9 Å². The second kappa shape index (κ2) is 7.82. The number of rotatable bonds is 5. The predicted molar refractivity (Wildman–Crippen MR) is 97.4 cm³/mol. The van der Waals surface area contributed by atoms with Gasteiger partial charge in [0, 0.05) is 16.8 Å². The molecular formula is C20H20N2O4. The lowest BCUT2D eigenvalue weighted by Crippen LogP contribution is -2.29. The van der Waals surface area contributed by atoms with Gasteiger partial charge in [0.15, 0.2) is 0 Å². The van der Waals surface area contributed by atoms with Gasteiger partial charge in [-0.3, -0.25) is 14.4 Å². The molecule has 0 saturated carbocycles. The summed E-state index contributed by atoms with van der Waals surface area (Å²) in [5, 5.41) is 13.7. The molecule has 2 amide bonds. The van der Waals surface area contributed by atoms with E-state index in [1.165, 1.54) is 17.5 Å². The minimum Gasteiger partial charge on any atom is -0.480 e. The van der Waals surface area contributed by atoms with E-state index >= 15 is 0 Å². The Labute approximate surface area is 151 Å². The largest absolute Gasteiger partial charge is 0.480 e. The second-order valence-electron chi connectivity index (χ2n) is 6.30. The number of anilines is 1. The quantitative estimate of drug-likeness (QED) is 0.771. The van der Waals surface area contributed by atoms with Gasteiger partial charge in [-0.05, 0) is 73.2 Å². The minimum atomic E-state index is -1.10. The Balaban J connectivity index is 1.64. The lowest BCUT2D eigenvalue weighted by molar-refractivity contribution is -0.135. The minimum absolute atomic E-state index is 0.193. The van der Waals surface area contributed by atoms with Gasteiger partial charge in [0.05, 0.1) is 0 Å². The fourth-order valence-electron chi connectivity index (χ4n) is 3.04. The Morgan fingerprint density at radius 2 is 1.50 bits per heavy atom. The lowest BCUT2D eigenvalue weighted by atomic mass is 9.90. The van der Waals surface area contributed by atoms with Gasteiger partial charge in [0.25, 0.3) is 11.8 Å². The fourth-order valence-corrected chi connectivity index (χ4v) is 3.04. The highest BCUT2D eigenvalue weighted by Crippen LogP contribution is 2.22. The number of aryl methyl sites for hydroxylation is 2. The van der Waals surface area contributed by atoms with Crippen LogP contribution in [-0.2, 0) is 17.6 Å². The van der Waals surface area contributed by atoms with Gasteiger partial charge in [0.2, 0.25) is 0 Å². The number of amides is 2. The molecule has 26 heavy (non-hydrogen) atoms. The molecule has 0 radical (unpaired) electrons. The number of carbonyl (C=O) groups excluding carboxylic acids is 2. The average Bonchev–Trinajstić information content (AvgIpc) is 2.66. The molecule has 2 aromatic rings. The Bertz CT molecular complexity index is 843. The van der Waals surface area contributed by atoms with E-state index in [-0.39, 0.29) is 5.91 Å². The van der Waals surface area contributed by atoms with Gasteiger partial charge in [-0.2, -0.15) is 0 Å². The van der Waals surface area contributed by atoms with Gasteiger partial charge < -0.3 is 15.7 Å². The number of aliphatic carboxylic acids is 1. The summed E-state index contributed by atoms with van der Waals surface area (Å²) < 4.78 is 0. The molecule has 6 nitrogen and oxygen atoms in total. The van der Waals surface area contributed by atoms with Gasteiger partial charge in [-0.1, -0.05) is 6.07 Å². The maximum atomic E-state index is 12.4. The Kier molecular flexibility index (Phi) is 5.31. The van der Waals surface area contributed by atoms with E-state index in [2.05, 4.69) is 10.6 Å². The maximum Gasteiger partial charge on any atom is 0.322 e. The Morgan fingerprint density at radius 1 is 0.846 bits per heavy atom. The smallest absolute Gasteiger partial charge is 0.322 e. The zero-order valence-electron chi connectivity index (χ0n) is 14.2. The zero-order valence-corrected chi connectivity index (χ0v) is 14.2. The molecule has 0 heterocycles. The number of benzene rings is 2. The highest BCUT2D eigenvalue weighted by atomic mass is 16.4. The second-order valence-corrected chi connectivity index (χ2v) is 6.30. The van der Waals surface area contributed by atoms with Crippen LogP contribution in [0.15, 0.2) is 42.5 Å². The maximum absolute atomic E-state index is 12.4. The van der Waals surface area contributed by atoms with Crippen molar-refractivity contribution in [1.29, 1.82) is 0 Å². The molecule has 0 aromatic heterocycles. The van der Waals surface area contributed by atoms with Gasteiger partial charge in [0.1, 0.15) is 6.54 Å². The normalized spacial score (nSPS) is 12.8. The molecule has 3 rings (SSSR count). The number of hydrogen-bond acceptors (Lipinski definition) is 3. The standard InChI is InChI=1S/C20H20N2O4/c23-18(24)12-21-19(25)14-7-9-17(10-8-14)22-20(26)16-6-5-13-3-1-2-4-15(13)11-16/h5-11H,1-4,12H2,(H,21,25)(H,22,26)(H,23,24). The molecule has 0 bridgehead atoms. The third kappa shape index (κ3) is 4.27. The highest BCUT2D eigenvalue weighted by molar-refractivity contribution is 6.04. The SMILES string of the molecule is O=C(O)CNC(=O)c1ccc(NC(=O)c2ccc3c(c2)CCCC3)cc1. The molecule has 0 aliphatic heterocycles. The van der Waals surface area contributed by atoms with Crippen molar-refractivity contribution in [3.05, 3.63) is 64.7 Å². The van der Waals surface area contributed by atoms with Crippen LogP contribution >= 0.6 is 0 Å². The highest BCUT2D eigenvalue weighted by Gasteiger charge is 2.13. The van der Waals surface area contributed by atoms with E-state index in [0.717, 1.165) is 19.3 Å².